The first-order valence-corrected chi connectivity index (χ1v) is 7.60. The minimum Gasteiger partial charge on any atom is -0.471 e. The van der Waals surface area contributed by atoms with Gasteiger partial charge in [-0.15, -0.1) is 0 Å². The summed E-state index contributed by atoms with van der Waals surface area (Å²) < 4.78 is 7.66. The van der Waals surface area contributed by atoms with Crippen LogP contribution in [-0.4, -0.2) is 24.5 Å². The maximum Gasteiger partial charge on any atom is 0.245 e. The highest BCUT2D eigenvalue weighted by molar-refractivity contribution is 5.77. The molecule has 4 rings (SSSR count). The number of ether oxygens (including phenoxy) is 1. The molecule has 4 aromatic rings. The van der Waals surface area contributed by atoms with E-state index in [0.717, 1.165) is 17.1 Å². The largest absolute Gasteiger partial charge is 0.471 e. The third kappa shape index (κ3) is 2.69. The lowest BCUT2D eigenvalue weighted by Crippen LogP contribution is -2.01. The molecule has 3 aromatic heterocycles. The van der Waals surface area contributed by atoms with Crippen LogP contribution in [0.25, 0.3) is 17.0 Å². The summed E-state index contributed by atoms with van der Waals surface area (Å²) in [7, 11) is 0. The van der Waals surface area contributed by atoms with Crippen LogP contribution in [0.4, 0.5) is 0 Å². The first-order chi connectivity index (χ1) is 11.8. The van der Waals surface area contributed by atoms with Gasteiger partial charge in [0.05, 0.1) is 0 Å². The number of benzene rings is 1. The lowest BCUT2D eigenvalue weighted by molar-refractivity contribution is 0.297. The monoisotopic (exact) mass is 317 g/mol. The second-order valence-corrected chi connectivity index (χ2v) is 5.38. The topological polar surface area (TPSA) is 65.7 Å². The maximum absolute atomic E-state index is 5.83. The molecule has 0 bridgehead atoms. The standard InChI is InChI=1S/C18H15N5O/c1-13-6-5-9-15(22-13)23-12-21-16-17(23)19-11-20-18(16)24-10-14-7-3-2-4-8-14/h2-9,11-12H,10H2,1H3. The normalized spacial score (nSPS) is 10.9. The van der Waals surface area contributed by atoms with Crippen LogP contribution in [0.15, 0.2) is 61.2 Å². The van der Waals surface area contributed by atoms with E-state index in [1.54, 1.807) is 6.33 Å². The highest BCUT2D eigenvalue weighted by atomic mass is 16.5. The van der Waals surface area contributed by atoms with Crippen LogP contribution in [0, 0.1) is 6.92 Å². The van der Waals surface area contributed by atoms with E-state index in [9.17, 15) is 0 Å². The number of fused-ring (bicyclic) bond motifs is 1. The highest BCUT2D eigenvalue weighted by Crippen LogP contribution is 2.22. The van der Waals surface area contributed by atoms with Gasteiger partial charge in [0.25, 0.3) is 0 Å². The van der Waals surface area contributed by atoms with Crippen molar-refractivity contribution in [3.05, 3.63) is 72.4 Å². The summed E-state index contributed by atoms with van der Waals surface area (Å²) in [5.74, 6) is 1.24. The van der Waals surface area contributed by atoms with Crippen molar-refractivity contribution in [2.24, 2.45) is 0 Å². The molecule has 6 heteroatoms. The third-order valence-electron chi connectivity index (χ3n) is 3.64. The van der Waals surface area contributed by atoms with E-state index in [-0.39, 0.29) is 0 Å². The fourth-order valence-corrected chi connectivity index (χ4v) is 2.48. The Morgan fingerprint density at radius 1 is 0.958 bits per heavy atom. The average molecular weight is 317 g/mol. The van der Waals surface area contributed by atoms with Crippen molar-refractivity contribution in [2.45, 2.75) is 13.5 Å². The first kappa shape index (κ1) is 14.3. The van der Waals surface area contributed by atoms with E-state index < -0.39 is 0 Å². The average Bonchev–Trinajstić information content (AvgIpc) is 3.05. The zero-order chi connectivity index (χ0) is 16.4. The van der Waals surface area contributed by atoms with Crippen molar-refractivity contribution in [1.29, 1.82) is 0 Å². The van der Waals surface area contributed by atoms with E-state index in [0.29, 0.717) is 23.7 Å². The van der Waals surface area contributed by atoms with Crippen molar-refractivity contribution in [3.8, 4) is 11.7 Å². The van der Waals surface area contributed by atoms with Gasteiger partial charge in [-0.25, -0.2) is 15.0 Å². The molecule has 1 aromatic carbocycles. The number of rotatable bonds is 4. The molecule has 0 aliphatic rings. The number of imidazole rings is 1. The molecule has 0 amide bonds. The molecule has 24 heavy (non-hydrogen) atoms. The number of aryl methyl sites for hydroxylation is 1. The molecule has 0 spiro atoms. The van der Waals surface area contributed by atoms with E-state index in [1.165, 1.54) is 6.33 Å². The Bertz CT molecular complexity index is 981. The summed E-state index contributed by atoms with van der Waals surface area (Å²) >= 11 is 0. The van der Waals surface area contributed by atoms with Crippen LogP contribution in [-0.2, 0) is 6.61 Å². The molecule has 6 nitrogen and oxygen atoms in total. The Morgan fingerprint density at radius 2 is 1.83 bits per heavy atom. The summed E-state index contributed by atoms with van der Waals surface area (Å²) in [6.07, 6.45) is 3.17. The fraction of sp³-hybridized carbons (Fsp3) is 0.111. The molecule has 0 N–H and O–H groups in total. The minimum absolute atomic E-state index is 0.433. The second kappa shape index (κ2) is 6.08. The highest BCUT2D eigenvalue weighted by Gasteiger charge is 2.13. The van der Waals surface area contributed by atoms with Crippen molar-refractivity contribution >= 4 is 11.2 Å². The van der Waals surface area contributed by atoms with Crippen LogP contribution in [0.2, 0.25) is 0 Å². The van der Waals surface area contributed by atoms with E-state index in [1.807, 2.05) is 60.0 Å². The number of pyridine rings is 1. The zero-order valence-corrected chi connectivity index (χ0v) is 13.1. The predicted molar refractivity (Wildman–Crippen MR) is 90.0 cm³/mol. The number of hydrogen-bond acceptors (Lipinski definition) is 5. The Hall–Kier alpha value is -3.28. The Kier molecular flexibility index (Phi) is 3.63. The number of aromatic nitrogens is 5. The van der Waals surface area contributed by atoms with E-state index in [2.05, 4.69) is 19.9 Å². The molecular formula is C18H15N5O. The smallest absolute Gasteiger partial charge is 0.245 e. The molecule has 0 fully saturated rings. The van der Waals surface area contributed by atoms with Crippen LogP contribution >= 0.6 is 0 Å². The molecule has 0 saturated carbocycles. The number of hydrogen-bond donors (Lipinski definition) is 0. The van der Waals surface area contributed by atoms with Crippen molar-refractivity contribution in [3.63, 3.8) is 0 Å². The lowest BCUT2D eigenvalue weighted by atomic mass is 10.2. The predicted octanol–water partition coefficient (Wildman–Crippen LogP) is 3.10. The second-order valence-electron chi connectivity index (χ2n) is 5.38. The molecular weight excluding hydrogens is 302 g/mol. The van der Waals surface area contributed by atoms with Gasteiger partial charge < -0.3 is 4.74 Å². The van der Waals surface area contributed by atoms with E-state index >= 15 is 0 Å². The van der Waals surface area contributed by atoms with Gasteiger partial charge in [0.2, 0.25) is 5.88 Å². The van der Waals surface area contributed by atoms with Crippen molar-refractivity contribution < 1.29 is 4.74 Å². The molecule has 0 radical (unpaired) electrons. The maximum atomic E-state index is 5.83. The van der Waals surface area contributed by atoms with Crippen LogP contribution in [0.1, 0.15) is 11.3 Å². The fourth-order valence-electron chi connectivity index (χ4n) is 2.48. The SMILES string of the molecule is Cc1cccc(-n2cnc3c(OCc4ccccc4)ncnc32)n1. The summed E-state index contributed by atoms with van der Waals surface area (Å²) in [5, 5.41) is 0. The number of nitrogens with zero attached hydrogens (tertiary/aromatic N) is 5. The Balaban J connectivity index is 1.69. The van der Waals surface area contributed by atoms with Gasteiger partial charge >= 0.3 is 0 Å². The van der Waals surface area contributed by atoms with Crippen molar-refractivity contribution in [1.82, 2.24) is 24.5 Å². The molecule has 0 aliphatic carbocycles. The van der Waals surface area contributed by atoms with Crippen LogP contribution < -0.4 is 4.74 Å². The summed E-state index contributed by atoms with van der Waals surface area (Å²) in [6.45, 7) is 2.38. The first-order valence-electron chi connectivity index (χ1n) is 7.60. The van der Waals surface area contributed by atoms with Gasteiger partial charge in [-0.05, 0) is 24.6 Å². The summed E-state index contributed by atoms with van der Waals surface area (Å²) in [5.41, 5.74) is 3.30. The Labute approximate surface area is 138 Å². The quantitative estimate of drug-likeness (QED) is 0.578. The van der Waals surface area contributed by atoms with Gasteiger partial charge in [0, 0.05) is 5.69 Å². The van der Waals surface area contributed by atoms with Gasteiger partial charge in [-0.1, -0.05) is 36.4 Å². The van der Waals surface area contributed by atoms with Gasteiger partial charge in [0.1, 0.15) is 25.1 Å². The zero-order valence-electron chi connectivity index (χ0n) is 13.1. The van der Waals surface area contributed by atoms with Gasteiger partial charge in [0.15, 0.2) is 11.2 Å². The molecule has 3 heterocycles. The Morgan fingerprint density at radius 3 is 2.67 bits per heavy atom. The molecule has 0 saturated heterocycles. The van der Waals surface area contributed by atoms with Crippen molar-refractivity contribution in [2.75, 3.05) is 0 Å². The molecule has 118 valence electrons. The molecule has 0 unspecified atom stereocenters. The van der Waals surface area contributed by atoms with Crippen LogP contribution in [0.3, 0.4) is 0 Å². The molecule has 0 atom stereocenters. The summed E-state index contributed by atoms with van der Waals surface area (Å²) in [4.78, 5) is 17.5. The third-order valence-corrected chi connectivity index (χ3v) is 3.64. The lowest BCUT2D eigenvalue weighted by Gasteiger charge is -2.06. The molecule has 0 aliphatic heterocycles. The minimum atomic E-state index is 0.433. The summed E-state index contributed by atoms with van der Waals surface area (Å²) in [6, 6.07) is 15.8. The van der Waals surface area contributed by atoms with E-state index in [4.69, 9.17) is 4.74 Å². The van der Waals surface area contributed by atoms with Crippen LogP contribution in [0.5, 0.6) is 5.88 Å². The van der Waals surface area contributed by atoms with Gasteiger partial charge in [-0.2, -0.15) is 4.98 Å². The van der Waals surface area contributed by atoms with Gasteiger partial charge in [-0.3, -0.25) is 4.57 Å².